The van der Waals surface area contributed by atoms with Crippen LogP contribution in [0.3, 0.4) is 0 Å². The third-order valence-corrected chi connectivity index (χ3v) is 3.49. The van der Waals surface area contributed by atoms with Crippen LogP contribution in [0.5, 0.6) is 0 Å². The zero-order valence-electron chi connectivity index (χ0n) is 12.1. The van der Waals surface area contributed by atoms with Crippen LogP contribution in [-0.2, 0) is 4.74 Å². The van der Waals surface area contributed by atoms with Crippen LogP contribution in [0.2, 0.25) is 0 Å². The molecule has 0 unspecified atom stereocenters. The monoisotopic (exact) mass is 347 g/mol. The lowest BCUT2D eigenvalue weighted by molar-refractivity contribution is -0.254. The molecule has 0 aromatic carbocycles. The molecular weight excluding hydrogens is 330 g/mol. The molecule has 0 radical (unpaired) electrons. The van der Waals surface area contributed by atoms with Gasteiger partial charge in [0.1, 0.15) is 24.4 Å². The number of nitrogens with zero attached hydrogens (tertiary/aromatic N) is 3. The van der Waals surface area contributed by atoms with E-state index < -0.39 is 60.5 Å². The number of aliphatic hydroxyl groups is 4. The van der Waals surface area contributed by atoms with Crippen molar-refractivity contribution < 1.29 is 34.8 Å². The van der Waals surface area contributed by atoms with Crippen molar-refractivity contribution in [3.05, 3.63) is 11.4 Å². The molecule has 1 aliphatic heterocycles. The highest BCUT2D eigenvalue weighted by atomic mass is 16.6. The average Bonchev–Trinajstić information content (AvgIpc) is 3.03. The second-order valence-electron chi connectivity index (χ2n) is 4.90. The summed E-state index contributed by atoms with van der Waals surface area (Å²) in [6.45, 7) is -0.690. The fourth-order valence-corrected chi connectivity index (χ4v) is 2.26. The van der Waals surface area contributed by atoms with Gasteiger partial charge in [-0.15, -0.1) is 5.10 Å². The van der Waals surface area contributed by atoms with E-state index >= 15 is 0 Å². The van der Waals surface area contributed by atoms with E-state index in [1.165, 1.54) is 0 Å². The fourth-order valence-electron chi connectivity index (χ4n) is 2.26. The minimum Gasteiger partial charge on any atom is -0.394 e. The van der Waals surface area contributed by atoms with Gasteiger partial charge in [-0.2, -0.15) is 0 Å². The average molecular weight is 347 g/mol. The molecule has 0 bridgehead atoms. The third kappa shape index (κ3) is 2.94. The van der Waals surface area contributed by atoms with E-state index in [2.05, 4.69) is 10.3 Å². The summed E-state index contributed by atoms with van der Waals surface area (Å²) in [5.41, 5.74) is 2.50. The molecule has 5 atom stereocenters. The Hall–Kier alpha value is -2.20. The number of nitrogen functional groups attached to an aromatic ring is 2. The first-order chi connectivity index (χ1) is 11.4. The minimum absolute atomic E-state index is 0.509. The van der Waals surface area contributed by atoms with Crippen molar-refractivity contribution in [2.75, 3.05) is 6.61 Å². The van der Waals surface area contributed by atoms with E-state index in [4.69, 9.17) is 16.4 Å². The van der Waals surface area contributed by atoms with Gasteiger partial charge in [-0.05, 0) is 0 Å². The van der Waals surface area contributed by atoms with Gasteiger partial charge in [0.15, 0.2) is 17.6 Å². The Morgan fingerprint density at radius 2 is 1.75 bits per heavy atom. The molecule has 2 heterocycles. The molecule has 2 amide bonds. The summed E-state index contributed by atoms with van der Waals surface area (Å²) < 4.78 is 5.93. The lowest BCUT2D eigenvalue weighted by Crippen LogP contribution is -2.57. The highest BCUT2D eigenvalue weighted by Gasteiger charge is 2.46. The van der Waals surface area contributed by atoms with Crippen molar-refractivity contribution in [3.8, 4) is 0 Å². The molecule has 1 aromatic heterocycles. The second kappa shape index (κ2) is 7.14. The summed E-state index contributed by atoms with van der Waals surface area (Å²) in [6.07, 6.45) is -7.87. The molecule has 1 saturated heterocycles. The van der Waals surface area contributed by atoms with E-state index in [0.29, 0.717) is 4.68 Å². The summed E-state index contributed by atoms with van der Waals surface area (Å²) in [5.74, 6) is 8.06. The lowest BCUT2D eigenvalue weighted by atomic mass is 9.98. The smallest absolute Gasteiger partial charge is 0.288 e. The summed E-state index contributed by atoms with van der Waals surface area (Å²) in [5, 5.41) is 45.8. The first-order valence-corrected chi connectivity index (χ1v) is 6.64. The van der Waals surface area contributed by atoms with Crippen LogP contribution in [0, 0.1) is 0 Å². The Balaban J connectivity index is 2.49. The zero-order valence-corrected chi connectivity index (χ0v) is 12.1. The molecule has 10 N–H and O–H groups in total. The number of aromatic nitrogens is 3. The van der Waals surface area contributed by atoms with E-state index in [9.17, 15) is 30.0 Å². The number of hydrazine groups is 2. The normalized spacial score (nSPS) is 30.0. The topological polar surface area (TPSA) is 231 Å². The first kappa shape index (κ1) is 18.1. The Morgan fingerprint density at radius 1 is 1.12 bits per heavy atom. The van der Waals surface area contributed by atoms with E-state index in [-0.39, 0.29) is 0 Å². The molecule has 14 nitrogen and oxygen atoms in total. The number of hydrogen-bond acceptors (Lipinski definition) is 11. The second-order valence-corrected chi connectivity index (χ2v) is 4.90. The van der Waals surface area contributed by atoms with Crippen LogP contribution >= 0.6 is 0 Å². The van der Waals surface area contributed by atoms with Crippen LogP contribution in [0.4, 0.5) is 0 Å². The van der Waals surface area contributed by atoms with Gasteiger partial charge in [-0.3, -0.25) is 20.4 Å². The number of carbonyl (C=O) groups excluding carboxylic acids is 2. The summed E-state index contributed by atoms with van der Waals surface area (Å²) in [6, 6.07) is 0. The molecule has 0 saturated carbocycles. The highest BCUT2D eigenvalue weighted by molar-refractivity contribution is 6.04. The summed E-state index contributed by atoms with van der Waals surface area (Å²) >= 11 is 0. The van der Waals surface area contributed by atoms with Crippen LogP contribution in [0.1, 0.15) is 27.2 Å². The van der Waals surface area contributed by atoms with Gasteiger partial charge in [0, 0.05) is 0 Å². The number of carbonyl (C=O) groups is 2. The van der Waals surface area contributed by atoms with Gasteiger partial charge in [-0.25, -0.2) is 16.4 Å². The highest BCUT2D eigenvalue weighted by Crippen LogP contribution is 2.29. The standard InChI is InChI=1S/C10H17N7O7/c11-13-8(22)3-4(9(23)14-12)17(16-15-3)10-7(21)6(20)5(19)2(1-18)24-10/h2,5-7,10,18-21H,1,11-12H2,(H,13,22)(H,14,23)/t2-,5-,6+,7-,10-/m1/s1. The van der Waals surface area contributed by atoms with Gasteiger partial charge in [0.05, 0.1) is 6.61 Å². The Morgan fingerprint density at radius 3 is 2.29 bits per heavy atom. The Bertz CT molecular complexity index is 621. The Labute approximate surface area is 133 Å². The molecule has 1 fully saturated rings. The number of aliphatic hydroxyl groups excluding tert-OH is 4. The maximum absolute atomic E-state index is 11.9. The van der Waals surface area contributed by atoms with Crippen molar-refractivity contribution in [1.29, 1.82) is 0 Å². The van der Waals surface area contributed by atoms with Crippen molar-refractivity contribution in [2.24, 2.45) is 11.7 Å². The quantitative estimate of drug-likeness (QED) is 0.145. The molecule has 14 heteroatoms. The van der Waals surface area contributed by atoms with Crippen molar-refractivity contribution in [1.82, 2.24) is 25.8 Å². The summed E-state index contributed by atoms with van der Waals surface area (Å²) in [4.78, 5) is 23.6. The maximum atomic E-state index is 11.9. The van der Waals surface area contributed by atoms with Crippen molar-refractivity contribution in [2.45, 2.75) is 30.6 Å². The SMILES string of the molecule is NNC(=O)c1nnn([C@@H]2O[C@H](CO)[C@@H](O)[C@H](O)[C@H]2O)c1C(=O)NN. The number of rotatable bonds is 4. The number of amides is 2. The molecular formula is C10H17N7O7. The van der Waals surface area contributed by atoms with Crippen molar-refractivity contribution >= 4 is 11.8 Å². The van der Waals surface area contributed by atoms with Crippen LogP contribution in [-0.4, -0.2) is 78.3 Å². The minimum atomic E-state index is -1.75. The Kier molecular flexibility index (Phi) is 5.40. The van der Waals surface area contributed by atoms with Gasteiger partial charge in [0.2, 0.25) is 0 Å². The largest absolute Gasteiger partial charge is 0.394 e. The predicted molar refractivity (Wildman–Crippen MR) is 72.3 cm³/mol. The van der Waals surface area contributed by atoms with Crippen LogP contribution in [0.25, 0.3) is 0 Å². The molecule has 2 rings (SSSR count). The molecule has 0 spiro atoms. The molecule has 24 heavy (non-hydrogen) atoms. The van der Waals surface area contributed by atoms with Crippen molar-refractivity contribution in [3.63, 3.8) is 0 Å². The summed E-state index contributed by atoms with van der Waals surface area (Å²) in [7, 11) is 0. The first-order valence-electron chi connectivity index (χ1n) is 6.64. The third-order valence-electron chi connectivity index (χ3n) is 3.49. The van der Waals surface area contributed by atoms with E-state index in [1.807, 2.05) is 0 Å². The van der Waals surface area contributed by atoms with Crippen LogP contribution < -0.4 is 22.5 Å². The van der Waals surface area contributed by atoms with Gasteiger partial charge in [0.25, 0.3) is 11.8 Å². The van der Waals surface area contributed by atoms with E-state index in [0.717, 1.165) is 0 Å². The number of nitrogens with one attached hydrogen (secondary N) is 2. The maximum Gasteiger partial charge on any atom is 0.288 e. The van der Waals surface area contributed by atoms with Gasteiger partial charge >= 0.3 is 0 Å². The molecule has 1 aromatic rings. The van der Waals surface area contributed by atoms with Gasteiger partial charge < -0.3 is 25.2 Å². The van der Waals surface area contributed by atoms with E-state index in [1.54, 1.807) is 10.9 Å². The number of hydrogen-bond donors (Lipinski definition) is 8. The molecule has 0 aliphatic carbocycles. The zero-order chi connectivity index (χ0) is 18.0. The molecule has 134 valence electrons. The van der Waals surface area contributed by atoms with Gasteiger partial charge in [-0.1, -0.05) is 5.21 Å². The molecule has 1 aliphatic rings. The predicted octanol–water partition coefficient (Wildman–Crippen LogP) is -5.54. The lowest BCUT2D eigenvalue weighted by Gasteiger charge is -2.39. The van der Waals surface area contributed by atoms with Crippen LogP contribution in [0.15, 0.2) is 0 Å². The fraction of sp³-hybridized carbons (Fsp3) is 0.600. The number of ether oxygens (including phenoxy) is 1. The number of nitrogens with two attached hydrogens (primary N) is 2.